The molecular formula is C16H13N3O2. The average molecular weight is 279 g/mol. The molecule has 2 aromatic heterocycles. The highest BCUT2D eigenvalue weighted by Crippen LogP contribution is 2.13. The zero-order valence-corrected chi connectivity index (χ0v) is 11.3. The maximum absolute atomic E-state index is 12.5. The molecule has 0 aliphatic carbocycles. The fraction of sp³-hybridized carbons (Fsp3) is 0.0625. The molecule has 5 nitrogen and oxygen atoms in total. The van der Waals surface area contributed by atoms with Crippen molar-refractivity contribution in [3.05, 3.63) is 76.9 Å². The second-order valence-corrected chi connectivity index (χ2v) is 4.59. The SMILES string of the molecule is C=Cc1cccc(Cn2cccc(-c3cnno3)c2=O)c1. The smallest absolute Gasteiger partial charge is 0.262 e. The van der Waals surface area contributed by atoms with Crippen LogP contribution in [0, 0.1) is 0 Å². The van der Waals surface area contributed by atoms with E-state index in [4.69, 9.17) is 4.52 Å². The number of hydrogen-bond donors (Lipinski definition) is 0. The molecule has 21 heavy (non-hydrogen) atoms. The third-order valence-corrected chi connectivity index (χ3v) is 3.19. The average Bonchev–Trinajstić information content (AvgIpc) is 3.04. The van der Waals surface area contributed by atoms with Crippen molar-refractivity contribution in [2.45, 2.75) is 6.54 Å². The molecule has 0 saturated carbocycles. The summed E-state index contributed by atoms with van der Waals surface area (Å²) in [6.45, 7) is 4.23. The molecular weight excluding hydrogens is 266 g/mol. The van der Waals surface area contributed by atoms with E-state index >= 15 is 0 Å². The van der Waals surface area contributed by atoms with E-state index in [-0.39, 0.29) is 5.56 Å². The van der Waals surface area contributed by atoms with E-state index in [9.17, 15) is 4.79 Å². The molecule has 104 valence electrons. The van der Waals surface area contributed by atoms with Crippen LogP contribution in [0.4, 0.5) is 0 Å². The Hall–Kier alpha value is -2.95. The van der Waals surface area contributed by atoms with Gasteiger partial charge < -0.3 is 9.09 Å². The predicted molar refractivity (Wildman–Crippen MR) is 79.6 cm³/mol. The zero-order valence-electron chi connectivity index (χ0n) is 11.3. The van der Waals surface area contributed by atoms with Crippen LogP contribution in [0.3, 0.4) is 0 Å². The van der Waals surface area contributed by atoms with E-state index in [1.165, 1.54) is 6.20 Å². The van der Waals surface area contributed by atoms with Crippen LogP contribution >= 0.6 is 0 Å². The van der Waals surface area contributed by atoms with Crippen LogP contribution in [0.1, 0.15) is 11.1 Å². The third-order valence-electron chi connectivity index (χ3n) is 3.19. The first-order chi connectivity index (χ1) is 10.3. The number of rotatable bonds is 4. The van der Waals surface area contributed by atoms with Gasteiger partial charge in [0.05, 0.1) is 18.3 Å². The summed E-state index contributed by atoms with van der Waals surface area (Å²) in [6.07, 6.45) is 4.96. The molecule has 0 spiro atoms. The lowest BCUT2D eigenvalue weighted by Crippen LogP contribution is -2.21. The molecule has 0 unspecified atom stereocenters. The van der Waals surface area contributed by atoms with Crippen molar-refractivity contribution < 1.29 is 4.52 Å². The van der Waals surface area contributed by atoms with Gasteiger partial charge in [0.1, 0.15) is 0 Å². The van der Waals surface area contributed by atoms with Gasteiger partial charge in [-0.2, -0.15) is 0 Å². The largest absolute Gasteiger partial charge is 0.337 e. The number of aromatic nitrogens is 3. The summed E-state index contributed by atoms with van der Waals surface area (Å²) in [5.74, 6) is 0.370. The first-order valence-electron chi connectivity index (χ1n) is 6.46. The first kappa shape index (κ1) is 13.1. The molecule has 2 heterocycles. The number of nitrogens with zero attached hydrogens (tertiary/aromatic N) is 3. The van der Waals surface area contributed by atoms with Crippen molar-refractivity contribution in [2.24, 2.45) is 0 Å². The highest BCUT2D eigenvalue weighted by Gasteiger charge is 2.10. The van der Waals surface area contributed by atoms with Gasteiger partial charge in [0.2, 0.25) is 0 Å². The Labute approximate surface area is 121 Å². The lowest BCUT2D eigenvalue weighted by atomic mass is 10.1. The minimum absolute atomic E-state index is 0.139. The first-order valence-corrected chi connectivity index (χ1v) is 6.46. The van der Waals surface area contributed by atoms with Crippen LogP contribution in [0.2, 0.25) is 0 Å². The normalized spacial score (nSPS) is 10.5. The van der Waals surface area contributed by atoms with Crippen LogP contribution in [0.15, 0.2) is 64.7 Å². The summed E-state index contributed by atoms with van der Waals surface area (Å²) < 4.78 is 6.58. The van der Waals surface area contributed by atoms with E-state index in [0.29, 0.717) is 17.9 Å². The van der Waals surface area contributed by atoms with Crippen LogP contribution in [0.25, 0.3) is 17.4 Å². The quantitative estimate of drug-likeness (QED) is 0.736. The fourth-order valence-corrected chi connectivity index (χ4v) is 2.15. The van der Waals surface area contributed by atoms with Gasteiger partial charge in [0.25, 0.3) is 5.56 Å². The standard InChI is InChI=1S/C16H13N3O2/c1-2-12-5-3-6-13(9-12)11-19-8-4-7-14(16(19)20)15-10-17-18-21-15/h2-10H,1,11H2. The molecule has 3 rings (SSSR count). The zero-order chi connectivity index (χ0) is 14.7. The van der Waals surface area contributed by atoms with Gasteiger partial charge in [-0.3, -0.25) is 4.79 Å². The molecule has 3 aromatic rings. The maximum atomic E-state index is 12.5. The summed E-state index contributed by atoms with van der Waals surface area (Å²) in [4.78, 5) is 12.5. The highest BCUT2D eigenvalue weighted by molar-refractivity contribution is 5.54. The van der Waals surface area contributed by atoms with Crippen LogP contribution < -0.4 is 5.56 Å². The van der Waals surface area contributed by atoms with E-state index in [1.807, 2.05) is 24.3 Å². The summed E-state index contributed by atoms with van der Waals surface area (Å²) in [5.41, 5.74) is 2.36. The van der Waals surface area contributed by atoms with Crippen molar-refractivity contribution >= 4 is 6.08 Å². The fourth-order valence-electron chi connectivity index (χ4n) is 2.15. The van der Waals surface area contributed by atoms with E-state index in [2.05, 4.69) is 16.9 Å². The molecule has 1 aromatic carbocycles. The van der Waals surface area contributed by atoms with Crippen LogP contribution in [-0.2, 0) is 6.54 Å². The Bertz CT molecular complexity index is 820. The van der Waals surface area contributed by atoms with E-state index < -0.39 is 0 Å². The van der Waals surface area contributed by atoms with Crippen LogP contribution in [-0.4, -0.2) is 14.9 Å². The van der Waals surface area contributed by atoms with Gasteiger partial charge in [-0.15, -0.1) is 5.10 Å². The second kappa shape index (κ2) is 5.58. The highest BCUT2D eigenvalue weighted by atomic mass is 16.5. The maximum Gasteiger partial charge on any atom is 0.262 e. The Morgan fingerprint density at radius 2 is 2.19 bits per heavy atom. The summed E-state index contributed by atoms with van der Waals surface area (Å²) in [7, 11) is 0. The topological polar surface area (TPSA) is 60.9 Å². The van der Waals surface area contributed by atoms with Gasteiger partial charge in [-0.1, -0.05) is 30.9 Å². The van der Waals surface area contributed by atoms with E-state index in [0.717, 1.165) is 11.1 Å². The molecule has 0 atom stereocenters. The Morgan fingerprint density at radius 3 is 2.95 bits per heavy atom. The lowest BCUT2D eigenvalue weighted by molar-refractivity contribution is 0.403. The van der Waals surface area contributed by atoms with Crippen molar-refractivity contribution in [1.29, 1.82) is 0 Å². The molecule has 0 N–H and O–H groups in total. The molecule has 0 aliphatic heterocycles. The van der Waals surface area contributed by atoms with Crippen molar-refractivity contribution in [2.75, 3.05) is 0 Å². The van der Waals surface area contributed by atoms with Gasteiger partial charge >= 0.3 is 0 Å². The van der Waals surface area contributed by atoms with Crippen molar-refractivity contribution in [3.63, 3.8) is 0 Å². The Morgan fingerprint density at radius 1 is 1.29 bits per heavy atom. The Kier molecular flexibility index (Phi) is 3.47. The minimum atomic E-state index is -0.139. The van der Waals surface area contributed by atoms with Gasteiger partial charge in [0.15, 0.2) is 5.76 Å². The van der Waals surface area contributed by atoms with Crippen molar-refractivity contribution in [3.8, 4) is 11.3 Å². The van der Waals surface area contributed by atoms with Gasteiger partial charge in [-0.25, -0.2) is 0 Å². The third kappa shape index (κ3) is 2.67. The van der Waals surface area contributed by atoms with Gasteiger partial charge in [0, 0.05) is 11.5 Å². The molecule has 0 saturated heterocycles. The molecule has 0 bridgehead atoms. The summed E-state index contributed by atoms with van der Waals surface area (Å²) >= 11 is 0. The number of pyridine rings is 1. The van der Waals surface area contributed by atoms with Crippen LogP contribution in [0.5, 0.6) is 0 Å². The predicted octanol–water partition coefficient (Wildman–Crippen LogP) is 2.59. The Balaban J connectivity index is 1.98. The molecule has 5 heteroatoms. The van der Waals surface area contributed by atoms with Gasteiger partial charge in [-0.05, 0) is 29.3 Å². The summed E-state index contributed by atoms with van der Waals surface area (Å²) in [6, 6.07) is 11.4. The number of hydrogen-bond acceptors (Lipinski definition) is 4. The van der Waals surface area contributed by atoms with Crippen molar-refractivity contribution in [1.82, 2.24) is 14.9 Å². The number of benzene rings is 1. The second-order valence-electron chi connectivity index (χ2n) is 4.59. The molecule has 0 aliphatic rings. The minimum Gasteiger partial charge on any atom is -0.337 e. The van der Waals surface area contributed by atoms with E-state index in [1.54, 1.807) is 29.0 Å². The lowest BCUT2D eigenvalue weighted by Gasteiger charge is -2.07. The monoisotopic (exact) mass is 279 g/mol. The summed E-state index contributed by atoms with van der Waals surface area (Å²) in [5, 5.41) is 6.99. The molecule has 0 radical (unpaired) electrons. The molecule has 0 amide bonds. The molecule has 0 fully saturated rings.